The number of nitrogens with one attached hydrogen (secondary N) is 1. The molecule has 0 unspecified atom stereocenters. The first kappa shape index (κ1) is 23.9. The Morgan fingerprint density at radius 2 is 1.82 bits per heavy atom. The monoisotopic (exact) mass is 514 g/mol. The molecule has 0 aliphatic heterocycles. The summed E-state index contributed by atoms with van der Waals surface area (Å²) in [5.74, 6) is -0.00678. The molecule has 7 nitrogen and oxygen atoms in total. The lowest BCUT2D eigenvalue weighted by atomic mass is 10.1. The minimum atomic E-state index is -3.91. The van der Waals surface area contributed by atoms with E-state index in [-0.39, 0.29) is 23.2 Å². The third-order valence-corrected chi connectivity index (χ3v) is 6.69. The number of pyridine rings is 1. The molecular formula is C24H20Cl2N4O3S. The predicted octanol–water partition coefficient (Wildman–Crippen LogP) is 5.70. The lowest BCUT2D eigenvalue weighted by Gasteiger charge is -2.14. The number of rotatable bonds is 8. The van der Waals surface area contributed by atoms with Crippen LogP contribution in [-0.4, -0.2) is 23.4 Å². The van der Waals surface area contributed by atoms with E-state index in [0.717, 1.165) is 11.1 Å². The Hall–Kier alpha value is -3.20. The van der Waals surface area contributed by atoms with Crippen LogP contribution >= 0.6 is 23.2 Å². The zero-order chi connectivity index (χ0) is 24.1. The average molecular weight is 515 g/mol. The van der Waals surface area contributed by atoms with Crippen molar-refractivity contribution in [1.29, 1.82) is 0 Å². The van der Waals surface area contributed by atoms with Crippen LogP contribution in [0.5, 0.6) is 5.88 Å². The summed E-state index contributed by atoms with van der Waals surface area (Å²) in [5.41, 5.74) is 3.61. The first-order valence-corrected chi connectivity index (χ1v) is 12.5. The summed E-state index contributed by atoms with van der Waals surface area (Å²) in [5, 5.41) is 0. The molecule has 0 aliphatic rings. The lowest BCUT2D eigenvalue weighted by molar-refractivity contribution is 0.294. The minimum absolute atomic E-state index is 0.0238. The molecular weight excluding hydrogens is 495 g/mol. The number of hydrogen-bond acceptors (Lipinski definition) is 6. The highest BCUT2D eigenvalue weighted by atomic mass is 35.5. The molecule has 0 atom stereocenters. The Kier molecular flexibility index (Phi) is 7.31. The molecule has 0 saturated carbocycles. The second kappa shape index (κ2) is 10.4. The smallest absolute Gasteiger partial charge is 0.263 e. The van der Waals surface area contributed by atoms with Gasteiger partial charge in [0, 0.05) is 23.5 Å². The SMILES string of the molecule is Cc1ccc(S(=O)(=O)Nc2ncc(-c3cccc(C(Cl)Cl)c3)nc2OCc2cccnc2)cc1. The Morgan fingerprint density at radius 1 is 1.03 bits per heavy atom. The van der Waals surface area contributed by atoms with Crippen molar-refractivity contribution in [2.24, 2.45) is 0 Å². The summed E-state index contributed by atoms with van der Waals surface area (Å²) >= 11 is 12.0. The van der Waals surface area contributed by atoms with E-state index in [0.29, 0.717) is 16.8 Å². The number of alkyl halides is 2. The van der Waals surface area contributed by atoms with Crippen molar-refractivity contribution in [2.45, 2.75) is 23.3 Å². The molecule has 4 rings (SSSR count). The molecule has 2 aromatic heterocycles. The van der Waals surface area contributed by atoms with Gasteiger partial charge in [0.1, 0.15) is 11.4 Å². The molecule has 2 heterocycles. The van der Waals surface area contributed by atoms with Crippen LogP contribution in [0, 0.1) is 6.92 Å². The Balaban J connectivity index is 1.70. The van der Waals surface area contributed by atoms with Crippen LogP contribution < -0.4 is 9.46 Å². The molecule has 0 radical (unpaired) electrons. The number of sulfonamides is 1. The molecule has 0 bridgehead atoms. The normalized spacial score (nSPS) is 11.4. The van der Waals surface area contributed by atoms with Crippen LogP contribution in [0.2, 0.25) is 0 Å². The van der Waals surface area contributed by atoms with E-state index in [1.165, 1.54) is 18.3 Å². The number of hydrogen-bond donors (Lipinski definition) is 1. The fourth-order valence-corrected chi connectivity index (χ4v) is 4.33. The van der Waals surface area contributed by atoms with E-state index in [1.807, 2.05) is 19.1 Å². The summed E-state index contributed by atoms with van der Waals surface area (Å²) in [4.78, 5) is 12.3. The standard InChI is InChI=1S/C24H20Cl2N4O3S/c1-16-7-9-20(10-8-16)34(31,32)30-23-24(33-15-17-4-3-11-27-13-17)29-21(14-28-23)18-5-2-6-19(12-18)22(25)26/h2-14,22H,15H2,1H3,(H,28,30). The highest BCUT2D eigenvalue weighted by Crippen LogP contribution is 2.31. The van der Waals surface area contributed by atoms with E-state index in [2.05, 4.69) is 19.7 Å². The van der Waals surface area contributed by atoms with Gasteiger partial charge in [0.2, 0.25) is 5.82 Å². The summed E-state index contributed by atoms with van der Waals surface area (Å²) in [6.45, 7) is 2.00. The second-order valence-electron chi connectivity index (χ2n) is 7.40. The molecule has 2 aromatic carbocycles. The summed E-state index contributed by atoms with van der Waals surface area (Å²) in [6, 6.07) is 17.3. The van der Waals surface area contributed by atoms with Gasteiger partial charge in [-0.3, -0.25) is 9.71 Å². The van der Waals surface area contributed by atoms with Crippen molar-refractivity contribution in [2.75, 3.05) is 4.72 Å². The number of anilines is 1. The van der Waals surface area contributed by atoms with Crippen molar-refractivity contribution in [3.8, 4) is 17.1 Å². The van der Waals surface area contributed by atoms with Crippen molar-refractivity contribution >= 4 is 39.0 Å². The van der Waals surface area contributed by atoms with Gasteiger partial charge in [-0.05, 0) is 36.8 Å². The number of aryl methyl sites for hydroxylation is 1. The first-order valence-electron chi connectivity index (χ1n) is 10.2. The van der Waals surface area contributed by atoms with Gasteiger partial charge in [-0.2, -0.15) is 0 Å². The molecule has 0 fully saturated rings. The van der Waals surface area contributed by atoms with E-state index in [9.17, 15) is 8.42 Å². The Bertz CT molecular complexity index is 1380. The molecule has 0 spiro atoms. The van der Waals surface area contributed by atoms with Crippen LogP contribution in [0.25, 0.3) is 11.3 Å². The van der Waals surface area contributed by atoms with Crippen molar-refractivity contribution in [3.05, 3.63) is 95.9 Å². The third kappa shape index (κ3) is 5.83. The zero-order valence-electron chi connectivity index (χ0n) is 18.0. The number of ether oxygens (including phenoxy) is 1. The van der Waals surface area contributed by atoms with Gasteiger partial charge in [-0.15, -0.1) is 23.2 Å². The third-order valence-electron chi connectivity index (χ3n) is 4.84. The molecule has 0 amide bonds. The second-order valence-corrected chi connectivity index (χ2v) is 10.2. The van der Waals surface area contributed by atoms with Crippen molar-refractivity contribution in [3.63, 3.8) is 0 Å². The van der Waals surface area contributed by atoms with Gasteiger partial charge in [0.05, 0.1) is 16.8 Å². The highest BCUT2D eigenvalue weighted by molar-refractivity contribution is 7.92. The van der Waals surface area contributed by atoms with E-state index < -0.39 is 14.9 Å². The fraction of sp³-hybridized carbons (Fsp3) is 0.125. The largest absolute Gasteiger partial charge is 0.470 e. The van der Waals surface area contributed by atoms with Gasteiger partial charge in [-0.1, -0.05) is 42.0 Å². The van der Waals surface area contributed by atoms with Crippen LogP contribution in [0.3, 0.4) is 0 Å². The molecule has 174 valence electrons. The summed E-state index contributed by atoms with van der Waals surface area (Å²) < 4.78 is 34.2. The lowest BCUT2D eigenvalue weighted by Crippen LogP contribution is -2.15. The van der Waals surface area contributed by atoms with Crippen molar-refractivity contribution in [1.82, 2.24) is 15.0 Å². The molecule has 10 heteroatoms. The fourth-order valence-electron chi connectivity index (χ4n) is 3.05. The van der Waals surface area contributed by atoms with Gasteiger partial charge >= 0.3 is 0 Å². The maximum Gasteiger partial charge on any atom is 0.263 e. The van der Waals surface area contributed by atoms with Crippen LogP contribution in [-0.2, 0) is 16.6 Å². The maximum atomic E-state index is 12.9. The van der Waals surface area contributed by atoms with E-state index in [4.69, 9.17) is 27.9 Å². The number of benzene rings is 2. The van der Waals surface area contributed by atoms with Crippen molar-refractivity contribution < 1.29 is 13.2 Å². The van der Waals surface area contributed by atoms with Gasteiger partial charge in [-0.25, -0.2) is 18.4 Å². The number of nitrogens with zero attached hydrogens (tertiary/aromatic N) is 3. The maximum absolute atomic E-state index is 12.9. The van der Waals surface area contributed by atoms with Gasteiger partial charge in [0.25, 0.3) is 15.9 Å². The number of aromatic nitrogens is 3. The van der Waals surface area contributed by atoms with E-state index >= 15 is 0 Å². The molecule has 0 aliphatic carbocycles. The minimum Gasteiger partial charge on any atom is -0.470 e. The van der Waals surface area contributed by atoms with E-state index in [1.54, 1.807) is 48.8 Å². The molecule has 0 saturated heterocycles. The van der Waals surface area contributed by atoms with Crippen LogP contribution in [0.4, 0.5) is 5.82 Å². The summed E-state index contributed by atoms with van der Waals surface area (Å²) in [7, 11) is -3.91. The zero-order valence-corrected chi connectivity index (χ0v) is 20.3. The molecule has 4 aromatic rings. The Morgan fingerprint density at radius 3 is 2.53 bits per heavy atom. The topological polar surface area (TPSA) is 94.1 Å². The Labute approximate surface area is 207 Å². The molecule has 34 heavy (non-hydrogen) atoms. The van der Waals surface area contributed by atoms with Gasteiger partial charge in [0.15, 0.2) is 0 Å². The van der Waals surface area contributed by atoms with Gasteiger partial charge < -0.3 is 4.74 Å². The van der Waals surface area contributed by atoms with Crippen LogP contribution in [0.1, 0.15) is 21.5 Å². The number of halogens is 2. The summed E-state index contributed by atoms with van der Waals surface area (Å²) in [6.07, 6.45) is 4.76. The average Bonchev–Trinajstić information content (AvgIpc) is 2.84. The predicted molar refractivity (Wildman–Crippen MR) is 132 cm³/mol. The molecule has 1 N–H and O–H groups in total. The highest BCUT2D eigenvalue weighted by Gasteiger charge is 2.20. The van der Waals surface area contributed by atoms with Crippen LogP contribution in [0.15, 0.2) is 84.1 Å². The first-order chi connectivity index (χ1) is 16.3. The quantitative estimate of drug-likeness (QED) is 0.303.